The number of rotatable bonds is 3. The minimum Gasteiger partial charge on any atom is -0.358 e. The van der Waals surface area contributed by atoms with E-state index in [-0.39, 0.29) is 5.54 Å². The molecule has 0 atom stereocenters. The van der Waals surface area contributed by atoms with Gasteiger partial charge < -0.3 is 10.7 Å². The van der Waals surface area contributed by atoms with Crippen molar-refractivity contribution in [3.63, 3.8) is 0 Å². The van der Waals surface area contributed by atoms with E-state index in [0.717, 1.165) is 12.8 Å². The molecule has 1 fully saturated rings. The van der Waals surface area contributed by atoms with Gasteiger partial charge in [0.25, 0.3) is 0 Å². The molecule has 0 saturated heterocycles. The van der Waals surface area contributed by atoms with E-state index >= 15 is 0 Å². The van der Waals surface area contributed by atoms with Crippen molar-refractivity contribution in [2.45, 2.75) is 38.1 Å². The summed E-state index contributed by atoms with van der Waals surface area (Å²) < 4.78 is 1.18. The van der Waals surface area contributed by atoms with Gasteiger partial charge in [0.1, 0.15) is 0 Å². The normalized spacial score (nSPS) is 17.6. The van der Waals surface area contributed by atoms with Crippen molar-refractivity contribution in [2.75, 3.05) is 0 Å². The third-order valence-electron chi connectivity index (χ3n) is 3.86. The number of aryl methyl sites for hydroxylation is 2. The first-order valence-corrected chi connectivity index (χ1v) is 6.93. The summed E-state index contributed by atoms with van der Waals surface area (Å²) in [6.45, 7) is 2.15. The zero-order chi connectivity index (χ0) is 12.0. The summed E-state index contributed by atoms with van der Waals surface area (Å²) in [6, 6.07) is 6.30. The van der Waals surface area contributed by atoms with Crippen LogP contribution in [0.2, 0.25) is 0 Å². The Kier molecular flexibility index (Phi) is 2.56. The highest BCUT2D eigenvalue weighted by atomic mass is 79.9. The standard InChI is InChI=1S/C14H17BrN2/c1-9-10(5-6-14(16)7-8-14)13-11(15)3-2-4-12(13)17-9/h2-4,17H,5-8,16H2,1H3. The zero-order valence-corrected chi connectivity index (χ0v) is 11.6. The van der Waals surface area contributed by atoms with Crippen LogP contribution in [-0.4, -0.2) is 10.5 Å². The molecule has 0 amide bonds. The number of nitrogens with one attached hydrogen (secondary N) is 1. The summed E-state index contributed by atoms with van der Waals surface area (Å²) in [6.07, 6.45) is 4.55. The quantitative estimate of drug-likeness (QED) is 0.891. The molecule has 0 aliphatic heterocycles. The topological polar surface area (TPSA) is 41.8 Å². The smallest absolute Gasteiger partial charge is 0.0470 e. The number of fused-ring (bicyclic) bond motifs is 1. The van der Waals surface area contributed by atoms with Crippen molar-refractivity contribution in [1.82, 2.24) is 4.98 Å². The van der Waals surface area contributed by atoms with Crippen molar-refractivity contribution in [3.8, 4) is 0 Å². The van der Waals surface area contributed by atoms with E-state index < -0.39 is 0 Å². The molecular weight excluding hydrogens is 276 g/mol. The third kappa shape index (κ3) is 2.02. The minimum absolute atomic E-state index is 0.136. The fourth-order valence-corrected chi connectivity index (χ4v) is 3.10. The Hall–Kier alpha value is -0.800. The summed E-state index contributed by atoms with van der Waals surface area (Å²) in [5.41, 5.74) is 10.2. The monoisotopic (exact) mass is 292 g/mol. The average molecular weight is 293 g/mol. The van der Waals surface area contributed by atoms with Crippen molar-refractivity contribution < 1.29 is 0 Å². The van der Waals surface area contributed by atoms with E-state index in [1.165, 1.54) is 39.5 Å². The largest absolute Gasteiger partial charge is 0.358 e. The maximum absolute atomic E-state index is 6.17. The van der Waals surface area contributed by atoms with Crippen LogP contribution in [0.1, 0.15) is 30.5 Å². The Morgan fingerprint density at radius 1 is 1.41 bits per heavy atom. The van der Waals surface area contributed by atoms with Crippen LogP contribution in [0.15, 0.2) is 22.7 Å². The van der Waals surface area contributed by atoms with Crippen LogP contribution in [0.4, 0.5) is 0 Å². The zero-order valence-electron chi connectivity index (χ0n) is 10.0. The molecule has 1 aliphatic rings. The molecule has 17 heavy (non-hydrogen) atoms. The fourth-order valence-electron chi connectivity index (χ4n) is 2.50. The Balaban J connectivity index is 1.99. The SMILES string of the molecule is Cc1[nH]c2cccc(Br)c2c1CCC1(N)CC1. The number of halogens is 1. The molecule has 2 nitrogen and oxygen atoms in total. The molecule has 1 aliphatic carbocycles. The second-order valence-corrected chi connectivity index (χ2v) is 6.11. The van der Waals surface area contributed by atoms with Gasteiger partial charge in [0.2, 0.25) is 0 Å². The Morgan fingerprint density at radius 3 is 2.88 bits per heavy atom. The summed E-state index contributed by atoms with van der Waals surface area (Å²) in [5, 5.41) is 1.33. The van der Waals surface area contributed by atoms with Crippen molar-refractivity contribution in [3.05, 3.63) is 33.9 Å². The van der Waals surface area contributed by atoms with Gasteiger partial charge >= 0.3 is 0 Å². The Labute approximate surface area is 110 Å². The third-order valence-corrected chi connectivity index (χ3v) is 4.52. The van der Waals surface area contributed by atoms with Crippen LogP contribution >= 0.6 is 15.9 Å². The maximum atomic E-state index is 6.17. The first-order valence-electron chi connectivity index (χ1n) is 6.14. The average Bonchev–Trinajstić information content (AvgIpc) is 2.91. The van der Waals surface area contributed by atoms with Gasteiger partial charge in [-0.05, 0) is 50.3 Å². The first kappa shape index (κ1) is 11.3. The van der Waals surface area contributed by atoms with Gasteiger partial charge in [0.15, 0.2) is 0 Å². The summed E-state index contributed by atoms with van der Waals surface area (Å²) in [5.74, 6) is 0. The molecule has 0 unspecified atom stereocenters. The van der Waals surface area contributed by atoms with Crippen LogP contribution in [0.3, 0.4) is 0 Å². The van der Waals surface area contributed by atoms with Crippen LogP contribution in [-0.2, 0) is 6.42 Å². The van der Waals surface area contributed by atoms with Gasteiger partial charge in [0.05, 0.1) is 0 Å². The lowest BCUT2D eigenvalue weighted by atomic mass is 10.0. The molecule has 3 rings (SSSR count). The van der Waals surface area contributed by atoms with Crippen molar-refractivity contribution in [1.29, 1.82) is 0 Å². The van der Waals surface area contributed by atoms with E-state index in [1.807, 2.05) is 0 Å². The first-order chi connectivity index (χ1) is 8.09. The Bertz CT molecular complexity index is 567. The lowest BCUT2D eigenvalue weighted by Gasteiger charge is -2.08. The molecule has 1 heterocycles. The Morgan fingerprint density at radius 2 is 2.18 bits per heavy atom. The molecule has 3 heteroatoms. The molecule has 0 spiro atoms. The molecule has 1 saturated carbocycles. The second kappa shape index (κ2) is 3.85. The molecular formula is C14H17BrN2. The van der Waals surface area contributed by atoms with E-state index in [2.05, 4.69) is 46.0 Å². The number of aromatic nitrogens is 1. The van der Waals surface area contributed by atoms with Gasteiger partial charge in [-0.1, -0.05) is 22.0 Å². The summed E-state index contributed by atoms with van der Waals surface area (Å²) in [7, 11) is 0. The number of hydrogen-bond acceptors (Lipinski definition) is 1. The van der Waals surface area contributed by atoms with Crippen molar-refractivity contribution in [2.24, 2.45) is 5.73 Å². The molecule has 2 aromatic rings. The van der Waals surface area contributed by atoms with Gasteiger partial charge in [-0.15, -0.1) is 0 Å². The van der Waals surface area contributed by atoms with Crippen molar-refractivity contribution >= 4 is 26.8 Å². The summed E-state index contributed by atoms with van der Waals surface area (Å²) >= 11 is 3.65. The predicted molar refractivity (Wildman–Crippen MR) is 75.2 cm³/mol. The summed E-state index contributed by atoms with van der Waals surface area (Å²) in [4.78, 5) is 3.45. The molecule has 1 aromatic heterocycles. The molecule has 1 aromatic carbocycles. The maximum Gasteiger partial charge on any atom is 0.0470 e. The van der Waals surface area contributed by atoms with Gasteiger partial charge in [-0.3, -0.25) is 0 Å². The molecule has 3 N–H and O–H groups in total. The van der Waals surface area contributed by atoms with Gasteiger partial charge in [-0.2, -0.15) is 0 Å². The fraction of sp³-hybridized carbons (Fsp3) is 0.429. The van der Waals surface area contributed by atoms with Gasteiger partial charge in [-0.25, -0.2) is 0 Å². The molecule has 90 valence electrons. The highest BCUT2D eigenvalue weighted by molar-refractivity contribution is 9.10. The van der Waals surface area contributed by atoms with Gasteiger partial charge in [0, 0.05) is 26.6 Å². The van der Waals surface area contributed by atoms with Crippen LogP contribution < -0.4 is 5.73 Å². The molecule has 0 bridgehead atoms. The van der Waals surface area contributed by atoms with Crippen LogP contribution in [0.5, 0.6) is 0 Å². The second-order valence-electron chi connectivity index (χ2n) is 5.25. The highest BCUT2D eigenvalue weighted by Crippen LogP contribution is 2.38. The van der Waals surface area contributed by atoms with E-state index in [1.54, 1.807) is 0 Å². The lowest BCUT2D eigenvalue weighted by Crippen LogP contribution is -2.22. The number of nitrogens with two attached hydrogens (primary N) is 1. The van der Waals surface area contributed by atoms with E-state index in [0.29, 0.717) is 0 Å². The predicted octanol–water partition coefficient (Wildman–Crippen LogP) is 3.66. The molecule has 0 radical (unpaired) electrons. The number of benzene rings is 1. The van der Waals surface area contributed by atoms with Crippen LogP contribution in [0.25, 0.3) is 10.9 Å². The number of hydrogen-bond donors (Lipinski definition) is 2. The number of H-pyrrole nitrogens is 1. The van der Waals surface area contributed by atoms with E-state index in [4.69, 9.17) is 5.73 Å². The highest BCUT2D eigenvalue weighted by Gasteiger charge is 2.37. The lowest BCUT2D eigenvalue weighted by molar-refractivity contribution is 0.609. The minimum atomic E-state index is 0.136. The van der Waals surface area contributed by atoms with E-state index in [9.17, 15) is 0 Å². The van der Waals surface area contributed by atoms with Crippen LogP contribution in [0, 0.1) is 6.92 Å². The number of aromatic amines is 1.